The number of unbranched alkanes of at least 4 members (excludes halogenated alkanes) is 1. The molecular formula is C13H28N2O2. The number of carbonyl (C=O) groups excluding carboxylic acids is 1. The normalized spacial score (nSPS) is 12.5. The molecule has 1 atom stereocenters. The first-order valence-electron chi connectivity index (χ1n) is 6.77. The fourth-order valence-electron chi connectivity index (χ4n) is 1.59. The van der Waals surface area contributed by atoms with E-state index in [0.717, 1.165) is 39.1 Å². The molecule has 0 fully saturated rings. The topological polar surface area (TPSA) is 41.6 Å². The van der Waals surface area contributed by atoms with Crippen molar-refractivity contribution in [3.8, 4) is 0 Å². The monoisotopic (exact) mass is 244 g/mol. The minimum Gasteiger partial charge on any atom is -0.380 e. The zero-order valence-corrected chi connectivity index (χ0v) is 11.8. The van der Waals surface area contributed by atoms with Gasteiger partial charge in [-0.3, -0.25) is 4.79 Å². The molecule has 0 saturated carbocycles. The van der Waals surface area contributed by atoms with Gasteiger partial charge in [-0.1, -0.05) is 13.3 Å². The van der Waals surface area contributed by atoms with Gasteiger partial charge in [0, 0.05) is 26.2 Å². The second-order valence-corrected chi connectivity index (χ2v) is 4.15. The van der Waals surface area contributed by atoms with E-state index < -0.39 is 0 Å². The number of nitrogens with zero attached hydrogens (tertiary/aromatic N) is 1. The average Bonchev–Trinajstić information content (AvgIpc) is 2.34. The molecule has 0 heterocycles. The third-order valence-corrected chi connectivity index (χ3v) is 2.78. The number of carbonyl (C=O) groups is 1. The lowest BCUT2D eigenvalue weighted by atomic mass is 10.3. The van der Waals surface area contributed by atoms with Crippen molar-refractivity contribution in [2.45, 2.75) is 46.6 Å². The lowest BCUT2D eigenvalue weighted by Gasteiger charge is -2.23. The second kappa shape index (κ2) is 10.5. The summed E-state index contributed by atoms with van der Waals surface area (Å²) in [7, 11) is 0. The van der Waals surface area contributed by atoms with Crippen molar-refractivity contribution in [3.05, 3.63) is 0 Å². The van der Waals surface area contributed by atoms with Crippen LogP contribution in [0.15, 0.2) is 0 Å². The van der Waals surface area contributed by atoms with Crippen LogP contribution in [0.3, 0.4) is 0 Å². The van der Waals surface area contributed by atoms with Crippen LogP contribution in [-0.4, -0.2) is 49.7 Å². The van der Waals surface area contributed by atoms with E-state index in [-0.39, 0.29) is 11.9 Å². The van der Waals surface area contributed by atoms with Crippen molar-refractivity contribution in [1.29, 1.82) is 0 Å². The van der Waals surface area contributed by atoms with Crippen LogP contribution >= 0.6 is 0 Å². The molecule has 1 amide bonds. The number of rotatable bonds is 10. The summed E-state index contributed by atoms with van der Waals surface area (Å²) in [5.74, 6) is 0.170. The number of hydrogen-bond donors (Lipinski definition) is 1. The van der Waals surface area contributed by atoms with Gasteiger partial charge < -0.3 is 15.0 Å². The van der Waals surface area contributed by atoms with E-state index in [0.29, 0.717) is 6.61 Å². The molecule has 0 aromatic carbocycles. The summed E-state index contributed by atoms with van der Waals surface area (Å²) in [6.45, 7) is 11.8. The van der Waals surface area contributed by atoms with Crippen molar-refractivity contribution in [2.75, 3.05) is 32.8 Å². The summed E-state index contributed by atoms with van der Waals surface area (Å²) in [6, 6.07) is -0.121. The lowest BCUT2D eigenvalue weighted by molar-refractivity contribution is -0.132. The van der Waals surface area contributed by atoms with E-state index in [9.17, 15) is 4.79 Å². The summed E-state index contributed by atoms with van der Waals surface area (Å²) >= 11 is 0. The maximum atomic E-state index is 11.9. The highest BCUT2D eigenvalue weighted by molar-refractivity contribution is 5.81. The van der Waals surface area contributed by atoms with Gasteiger partial charge in [0.2, 0.25) is 5.91 Å². The Morgan fingerprint density at radius 2 is 1.88 bits per heavy atom. The third kappa shape index (κ3) is 7.34. The molecule has 0 bridgehead atoms. The molecule has 0 radical (unpaired) electrons. The molecule has 1 N–H and O–H groups in total. The van der Waals surface area contributed by atoms with Gasteiger partial charge in [-0.2, -0.15) is 0 Å². The Balaban J connectivity index is 3.63. The highest BCUT2D eigenvalue weighted by atomic mass is 16.5. The molecule has 0 spiro atoms. The SMILES string of the molecule is CCCCOCCNC(C)C(=O)N(CC)CC. The van der Waals surface area contributed by atoms with Gasteiger partial charge in [0.05, 0.1) is 12.6 Å². The van der Waals surface area contributed by atoms with E-state index in [1.165, 1.54) is 0 Å². The Hall–Kier alpha value is -0.610. The number of amides is 1. The highest BCUT2D eigenvalue weighted by Gasteiger charge is 2.16. The molecule has 1 unspecified atom stereocenters. The predicted molar refractivity (Wildman–Crippen MR) is 71.1 cm³/mol. The van der Waals surface area contributed by atoms with E-state index in [4.69, 9.17) is 4.74 Å². The van der Waals surface area contributed by atoms with E-state index in [1.807, 2.05) is 25.7 Å². The van der Waals surface area contributed by atoms with Gasteiger partial charge in [-0.15, -0.1) is 0 Å². The van der Waals surface area contributed by atoms with Crippen LogP contribution in [-0.2, 0) is 9.53 Å². The summed E-state index contributed by atoms with van der Waals surface area (Å²) in [5.41, 5.74) is 0. The third-order valence-electron chi connectivity index (χ3n) is 2.78. The smallest absolute Gasteiger partial charge is 0.239 e. The molecule has 4 nitrogen and oxygen atoms in total. The van der Waals surface area contributed by atoms with Gasteiger partial charge >= 0.3 is 0 Å². The first kappa shape index (κ1) is 16.4. The first-order valence-corrected chi connectivity index (χ1v) is 6.77. The summed E-state index contributed by atoms with van der Waals surface area (Å²) < 4.78 is 5.43. The van der Waals surface area contributed by atoms with Crippen LogP contribution in [0.5, 0.6) is 0 Å². The molecule has 17 heavy (non-hydrogen) atoms. The van der Waals surface area contributed by atoms with Gasteiger partial charge in [0.1, 0.15) is 0 Å². The molecule has 102 valence electrons. The average molecular weight is 244 g/mol. The minimum absolute atomic E-state index is 0.121. The minimum atomic E-state index is -0.121. The maximum absolute atomic E-state index is 11.9. The summed E-state index contributed by atoms with van der Waals surface area (Å²) in [5, 5.41) is 3.19. The van der Waals surface area contributed by atoms with Gasteiger partial charge in [-0.25, -0.2) is 0 Å². The fourth-order valence-corrected chi connectivity index (χ4v) is 1.59. The van der Waals surface area contributed by atoms with Crippen molar-refractivity contribution >= 4 is 5.91 Å². The van der Waals surface area contributed by atoms with Gasteiger partial charge in [-0.05, 0) is 27.2 Å². The van der Waals surface area contributed by atoms with Crippen molar-refractivity contribution < 1.29 is 9.53 Å². The van der Waals surface area contributed by atoms with Crippen molar-refractivity contribution in [2.24, 2.45) is 0 Å². The molecule has 0 saturated heterocycles. The number of likely N-dealkylation sites (N-methyl/N-ethyl adjacent to an activating group) is 1. The predicted octanol–water partition coefficient (Wildman–Crippen LogP) is 1.65. The van der Waals surface area contributed by atoms with Crippen LogP contribution in [0.25, 0.3) is 0 Å². The maximum Gasteiger partial charge on any atom is 0.239 e. The molecule has 0 aromatic heterocycles. The Morgan fingerprint density at radius 3 is 2.41 bits per heavy atom. The first-order chi connectivity index (χ1) is 8.17. The van der Waals surface area contributed by atoms with E-state index in [2.05, 4.69) is 12.2 Å². The number of ether oxygens (including phenoxy) is 1. The molecule has 0 aliphatic carbocycles. The Morgan fingerprint density at radius 1 is 1.24 bits per heavy atom. The molecule has 4 heteroatoms. The molecule has 0 rings (SSSR count). The largest absolute Gasteiger partial charge is 0.380 e. The standard InChI is InChI=1S/C13H28N2O2/c1-5-8-10-17-11-9-14-12(4)13(16)15(6-2)7-3/h12,14H,5-11H2,1-4H3. The molecular weight excluding hydrogens is 216 g/mol. The highest BCUT2D eigenvalue weighted by Crippen LogP contribution is 1.94. The summed E-state index contributed by atoms with van der Waals surface area (Å²) in [4.78, 5) is 13.7. The molecule has 0 aliphatic heterocycles. The molecule has 0 aliphatic rings. The Bertz CT molecular complexity index is 194. The van der Waals surface area contributed by atoms with Crippen LogP contribution in [0.4, 0.5) is 0 Å². The quantitative estimate of drug-likeness (QED) is 0.594. The number of nitrogens with one attached hydrogen (secondary N) is 1. The Labute approximate surface area is 106 Å². The zero-order chi connectivity index (χ0) is 13.1. The lowest BCUT2D eigenvalue weighted by Crippen LogP contribution is -2.45. The fraction of sp³-hybridized carbons (Fsp3) is 0.923. The second-order valence-electron chi connectivity index (χ2n) is 4.15. The van der Waals surface area contributed by atoms with Gasteiger partial charge in [0.15, 0.2) is 0 Å². The summed E-state index contributed by atoms with van der Waals surface area (Å²) in [6.07, 6.45) is 2.26. The zero-order valence-electron chi connectivity index (χ0n) is 11.8. The van der Waals surface area contributed by atoms with Crippen LogP contribution < -0.4 is 5.32 Å². The molecule has 0 aromatic rings. The van der Waals surface area contributed by atoms with Crippen LogP contribution in [0.2, 0.25) is 0 Å². The van der Waals surface area contributed by atoms with Crippen molar-refractivity contribution in [1.82, 2.24) is 10.2 Å². The van der Waals surface area contributed by atoms with Crippen LogP contribution in [0.1, 0.15) is 40.5 Å². The van der Waals surface area contributed by atoms with E-state index >= 15 is 0 Å². The van der Waals surface area contributed by atoms with Gasteiger partial charge in [0.25, 0.3) is 0 Å². The van der Waals surface area contributed by atoms with Crippen molar-refractivity contribution in [3.63, 3.8) is 0 Å². The van der Waals surface area contributed by atoms with Crippen LogP contribution in [0, 0.1) is 0 Å². The number of hydrogen-bond acceptors (Lipinski definition) is 3. The van der Waals surface area contributed by atoms with E-state index in [1.54, 1.807) is 0 Å². The Kier molecular flexibility index (Phi) is 10.2.